The lowest BCUT2D eigenvalue weighted by Crippen LogP contribution is -2.05. The number of fused-ring (bicyclic) bond motifs is 3. The maximum absolute atomic E-state index is 6.65. The van der Waals surface area contributed by atoms with Crippen LogP contribution in [0.2, 0.25) is 0 Å². The first kappa shape index (κ1) is 26.6. The molecular formula is C42H30OS. The number of hydrogen-bond acceptors (Lipinski definition) is 2. The van der Waals surface area contributed by atoms with Gasteiger partial charge in [0.25, 0.3) is 0 Å². The van der Waals surface area contributed by atoms with Gasteiger partial charge in [0.15, 0.2) is 0 Å². The van der Waals surface area contributed by atoms with Crippen molar-refractivity contribution in [3.8, 4) is 22.3 Å². The Balaban J connectivity index is 1.39. The summed E-state index contributed by atoms with van der Waals surface area (Å²) in [6, 6.07) is 45.3. The standard InChI is InChI=1S/C42H30OS/c1-27-38(26-36-30(22-13-25-39(36)44)28-14-4-2-5-15-28)43-37-24-12-23-35(40(27)37)42-33-20-10-8-18-31(33)41(29-16-6-3-7-17-29)32-19-9-11-21-34(32)42/h2-26,39,44H,1H3/b36-26-. The Morgan fingerprint density at radius 2 is 1.18 bits per heavy atom. The lowest BCUT2D eigenvalue weighted by molar-refractivity contribution is 0.601. The molecule has 210 valence electrons. The highest BCUT2D eigenvalue weighted by Crippen LogP contribution is 2.46. The fourth-order valence-electron chi connectivity index (χ4n) is 6.80. The molecular weight excluding hydrogens is 553 g/mol. The molecule has 1 aliphatic carbocycles. The van der Waals surface area contributed by atoms with Crippen molar-refractivity contribution in [2.45, 2.75) is 12.2 Å². The number of benzene rings is 6. The maximum atomic E-state index is 6.65. The molecule has 0 spiro atoms. The Kier molecular flexibility index (Phi) is 6.58. The van der Waals surface area contributed by atoms with Crippen LogP contribution < -0.4 is 0 Å². The van der Waals surface area contributed by atoms with Crippen LogP contribution in [0.3, 0.4) is 0 Å². The quantitative estimate of drug-likeness (QED) is 0.161. The normalized spacial score (nSPS) is 15.8. The maximum Gasteiger partial charge on any atom is 0.135 e. The van der Waals surface area contributed by atoms with Crippen LogP contribution >= 0.6 is 12.6 Å². The van der Waals surface area contributed by atoms with E-state index < -0.39 is 0 Å². The van der Waals surface area contributed by atoms with E-state index in [9.17, 15) is 0 Å². The second-order valence-electron chi connectivity index (χ2n) is 11.4. The van der Waals surface area contributed by atoms with Gasteiger partial charge in [0, 0.05) is 16.2 Å². The molecule has 0 N–H and O–H groups in total. The second-order valence-corrected chi connectivity index (χ2v) is 11.9. The van der Waals surface area contributed by atoms with Crippen molar-refractivity contribution in [1.82, 2.24) is 0 Å². The van der Waals surface area contributed by atoms with Crippen LogP contribution in [-0.2, 0) is 0 Å². The zero-order chi connectivity index (χ0) is 29.6. The first-order valence-corrected chi connectivity index (χ1v) is 15.6. The zero-order valence-electron chi connectivity index (χ0n) is 24.4. The third-order valence-electron chi connectivity index (χ3n) is 8.81. The highest BCUT2D eigenvalue weighted by Gasteiger charge is 2.22. The number of allylic oxidation sites excluding steroid dienone is 3. The predicted octanol–water partition coefficient (Wildman–Crippen LogP) is 11.7. The van der Waals surface area contributed by atoms with Crippen molar-refractivity contribution >= 4 is 56.8 Å². The van der Waals surface area contributed by atoms with E-state index in [-0.39, 0.29) is 5.25 Å². The molecule has 0 bridgehead atoms. The SMILES string of the molecule is Cc1c(/C=C2/C(c3ccccc3)=CC=CC2S)oc2cccc(-c3c4ccccc4c(-c4ccccc4)c4ccccc34)c12. The second kappa shape index (κ2) is 10.9. The van der Waals surface area contributed by atoms with Gasteiger partial charge in [-0.05, 0) is 79.6 Å². The van der Waals surface area contributed by atoms with Crippen molar-refractivity contribution in [3.05, 3.63) is 168 Å². The van der Waals surface area contributed by atoms with Crippen LogP contribution in [0.5, 0.6) is 0 Å². The Morgan fingerprint density at radius 3 is 1.82 bits per heavy atom. The average molecular weight is 583 g/mol. The zero-order valence-corrected chi connectivity index (χ0v) is 25.3. The molecule has 0 fully saturated rings. The fourth-order valence-corrected chi connectivity index (χ4v) is 7.12. The first-order chi connectivity index (χ1) is 21.7. The molecule has 2 heteroatoms. The van der Waals surface area contributed by atoms with E-state index in [1.165, 1.54) is 54.9 Å². The van der Waals surface area contributed by atoms with Crippen molar-refractivity contribution < 1.29 is 4.42 Å². The van der Waals surface area contributed by atoms with E-state index >= 15 is 0 Å². The summed E-state index contributed by atoms with van der Waals surface area (Å²) < 4.78 is 6.65. The van der Waals surface area contributed by atoms with Crippen molar-refractivity contribution in [2.75, 3.05) is 0 Å². The van der Waals surface area contributed by atoms with Gasteiger partial charge in [-0.1, -0.05) is 140 Å². The predicted molar refractivity (Wildman–Crippen MR) is 191 cm³/mol. The van der Waals surface area contributed by atoms with Crippen LogP contribution in [0.1, 0.15) is 16.9 Å². The van der Waals surface area contributed by atoms with Gasteiger partial charge in [0.1, 0.15) is 11.3 Å². The Bertz CT molecular complexity index is 2230. The molecule has 0 amide bonds. The minimum absolute atomic E-state index is 0.0271. The minimum Gasteiger partial charge on any atom is -0.456 e. The van der Waals surface area contributed by atoms with Crippen molar-refractivity contribution in [3.63, 3.8) is 0 Å². The molecule has 1 aliphatic rings. The summed E-state index contributed by atoms with van der Waals surface area (Å²) in [6.07, 6.45) is 8.57. The minimum atomic E-state index is -0.0271. The summed E-state index contributed by atoms with van der Waals surface area (Å²) in [5.74, 6) is 0.869. The molecule has 6 aromatic carbocycles. The molecule has 8 rings (SSSR count). The van der Waals surface area contributed by atoms with Crippen LogP contribution in [-0.4, -0.2) is 5.25 Å². The van der Waals surface area contributed by atoms with Gasteiger partial charge in [-0.3, -0.25) is 0 Å². The van der Waals surface area contributed by atoms with Crippen LogP contribution in [0.15, 0.2) is 156 Å². The highest BCUT2D eigenvalue weighted by molar-refractivity contribution is 7.81. The van der Waals surface area contributed by atoms with Gasteiger partial charge in [-0.2, -0.15) is 12.6 Å². The van der Waals surface area contributed by atoms with Crippen LogP contribution in [0, 0.1) is 6.92 Å². The summed E-state index contributed by atoms with van der Waals surface area (Å²) >= 11 is 4.95. The number of rotatable bonds is 4. The third kappa shape index (κ3) is 4.34. The molecule has 44 heavy (non-hydrogen) atoms. The van der Waals surface area contributed by atoms with Crippen molar-refractivity contribution in [2.24, 2.45) is 0 Å². The number of hydrogen-bond donors (Lipinski definition) is 1. The smallest absolute Gasteiger partial charge is 0.135 e. The van der Waals surface area contributed by atoms with Gasteiger partial charge in [0.2, 0.25) is 0 Å². The van der Waals surface area contributed by atoms with Gasteiger partial charge in [0.05, 0.1) is 0 Å². The number of furan rings is 1. The monoisotopic (exact) mass is 582 g/mol. The van der Waals surface area contributed by atoms with Gasteiger partial charge in [-0.25, -0.2) is 0 Å². The molecule has 0 radical (unpaired) electrons. The van der Waals surface area contributed by atoms with Crippen molar-refractivity contribution in [1.29, 1.82) is 0 Å². The summed E-state index contributed by atoms with van der Waals surface area (Å²) in [5, 5.41) is 6.09. The number of aryl methyl sites for hydroxylation is 1. The summed E-state index contributed by atoms with van der Waals surface area (Å²) in [5.41, 5.74) is 10.4. The molecule has 1 heterocycles. The Morgan fingerprint density at radius 1 is 0.614 bits per heavy atom. The lowest BCUT2D eigenvalue weighted by atomic mass is 9.85. The third-order valence-corrected chi connectivity index (χ3v) is 9.26. The van der Waals surface area contributed by atoms with E-state index in [4.69, 9.17) is 17.0 Å². The fraction of sp³-hybridized carbons (Fsp3) is 0.0476. The van der Waals surface area contributed by atoms with E-state index in [0.29, 0.717) is 0 Å². The molecule has 0 saturated heterocycles. The molecule has 7 aromatic rings. The van der Waals surface area contributed by atoms with E-state index in [1.54, 1.807) is 0 Å². The summed E-state index contributed by atoms with van der Waals surface area (Å²) in [6.45, 7) is 2.18. The molecule has 1 nitrogen and oxygen atoms in total. The molecule has 1 aromatic heterocycles. The van der Waals surface area contributed by atoms with Gasteiger partial charge < -0.3 is 4.42 Å². The average Bonchev–Trinajstić information content (AvgIpc) is 3.40. The van der Waals surface area contributed by atoms with E-state index in [1.807, 2.05) is 0 Å². The Hall–Kier alpha value is -5.05. The Labute approximate surface area is 262 Å². The number of thiol groups is 1. The topological polar surface area (TPSA) is 13.1 Å². The summed E-state index contributed by atoms with van der Waals surface area (Å²) in [4.78, 5) is 0. The lowest BCUT2D eigenvalue weighted by Gasteiger charge is -2.19. The first-order valence-electron chi connectivity index (χ1n) is 15.0. The highest BCUT2D eigenvalue weighted by atomic mass is 32.1. The van der Waals surface area contributed by atoms with Gasteiger partial charge >= 0.3 is 0 Å². The van der Waals surface area contributed by atoms with E-state index in [2.05, 4.69) is 159 Å². The van der Waals surface area contributed by atoms with Crippen LogP contribution in [0.4, 0.5) is 0 Å². The molecule has 0 aliphatic heterocycles. The molecule has 1 atom stereocenters. The van der Waals surface area contributed by atoms with Gasteiger partial charge in [-0.15, -0.1) is 0 Å². The van der Waals surface area contributed by atoms with E-state index in [0.717, 1.165) is 27.9 Å². The largest absolute Gasteiger partial charge is 0.456 e. The molecule has 1 unspecified atom stereocenters. The summed E-state index contributed by atoms with van der Waals surface area (Å²) in [7, 11) is 0. The van der Waals surface area contributed by atoms with Crippen LogP contribution in [0.25, 0.3) is 66.4 Å². The molecule has 0 saturated carbocycles.